The summed E-state index contributed by atoms with van der Waals surface area (Å²) >= 11 is -6.72. The van der Waals surface area contributed by atoms with Crippen molar-refractivity contribution in [3.05, 3.63) is 155 Å². The van der Waals surface area contributed by atoms with Crippen LogP contribution in [0, 0.1) is 0 Å². The number of hydrogen-bond acceptors (Lipinski definition) is 0. The molecule has 0 spiro atoms. The van der Waals surface area contributed by atoms with Crippen LogP contribution in [-0.4, -0.2) is 5.92 Å². The van der Waals surface area contributed by atoms with Crippen molar-refractivity contribution in [1.82, 2.24) is 0 Å². The summed E-state index contributed by atoms with van der Waals surface area (Å²) in [6, 6.07) is 41.7. The van der Waals surface area contributed by atoms with E-state index in [1.165, 1.54) is 0 Å². The molecule has 0 amide bonds. The Kier molecular flexibility index (Phi) is 6.87. The van der Waals surface area contributed by atoms with Crippen molar-refractivity contribution in [2.24, 2.45) is 0 Å². The standard InChI is InChI=1S/2C20H15.C2H7Si.2FH.Zr/c2*1-14-12-16-8-5-11-19(20(16)13-14)18-10-4-7-15-6-2-3-9-17(15)18;1-3-2;;;/h2*2-13H,1H3;3H,1-2H3;2*1H;/q;;;;;+2/p-2. The van der Waals surface area contributed by atoms with Crippen molar-refractivity contribution in [2.75, 3.05) is 0 Å². The van der Waals surface area contributed by atoms with Gasteiger partial charge in [-0.15, -0.1) is 0 Å². The zero-order valence-electron chi connectivity index (χ0n) is 26.7. The molecule has 227 valence electrons. The van der Waals surface area contributed by atoms with Crippen LogP contribution in [0.4, 0.5) is 5.25 Å². The molecule has 2 aliphatic carbocycles. The van der Waals surface area contributed by atoms with Crippen LogP contribution in [0.2, 0.25) is 13.1 Å². The Morgan fingerprint density at radius 2 is 0.848 bits per heavy atom. The summed E-state index contributed by atoms with van der Waals surface area (Å²) < 4.78 is 36.3. The summed E-state index contributed by atoms with van der Waals surface area (Å²) in [5, 5.41) is 4.63. The monoisotopic (exact) mass is 697 g/mol. The van der Waals surface area contributed by atoms with Crippen LogP contribution in [-0.2, 0) is 19.2 Å². The first-order valence-corrected chi connectivity index (χ1v) is 28.2. The Labute approximate surface area is 273 Å². The van der Waals surface area contributed by atoms with Gasteiger partial charge in [-0.1, -0.05) is 0 Å². The number of halogens is 2. The van der Waals surface area contributed by atoms with Gasteiger partial charge in [-0.05, 0) is 0 Å². The molecule has 2 atom stereocenters. The van der Waals surface area contributed by atoms with Crippen LogP contribution in [0.25, 0.3) is 56.0 Å². The molecule has 0 heterocycles. The van der Waals surface area contributed by atoms with E-state index in [0.29, 0.717) is 0 Å². The van der Waals surface area contributed by atoms with E-state index in [0.717, 1.165) is 77.2 Å². The van der Waals surface area contributed by atoms with Crippen LogP contribution in [0.3, 0.4) is 0 Å². The molecule has 0 N–H and O–H groups in total. The van der Waals surface area contributed by atoms with Gasteiger partial charge in [-0.2, -0.15) is 0 Å². The van der Waals surface area contributed by atoms with Crippen molar-refractivity contribution in [1.29, 1.82) is 0 Å². The molecule has 0 radical (unpaired) electrons. The number of hydrogen-bond donors (Lipinski definition) is 0. The van der Waals surface area contributed by atoms with Gasteiger partial charge < -0.3 is 0 Å². The van der Waals surface area contributed by atoms with Crippen molar-refractivity contribution >= 4 is 39.6 Å². The minimum atomic E-state index is -6.72. The van der Waals surface area contributed by atoms with Crippen molar-refractivity contribution in [3.63, 3.8) is 0 Å². The van der Waals surface area contributed by atoms with Crippen molar-refractivity contribution in [3.8, 4) is 22.3 Å². The molecule has 4 heteroatoms. The quantitative estimate of drug-likeness (QED) is 0.157. The molecule has 8 rings (SSSR count). The van der Waals surface area contributed by atoms with Crippen LogP contribution in [0.1, 0.15) is 43.4 Å². The summed E-state index contributed by atoms with van der Waals surface area (Å²) in [4.78, 5) is 0. The van der Waals surface area contributed by atoms with Gasteiger partial charge in [-0.3, -0.25) is 0 Å². The number of benzene rings is 6. The van der Waals surface area contributed by atoms with Crippen molar-refractivity contribution < 1.29 is 24.4 Å². The maximum absolute atomic E-state index is 19.0. The second-order valence-electron chi connectivity index (χ2n) is 13.7. The Balaban J connectivity index is 1.32. The summed E-state index contributed by atoms with van der Waals surface area (Å²) in [5.74, 6) is -2.48. The first-order chi connectivity index (χ1) is 22.2. The molecule has 2 unspecified atom stereocenters. The van der Waals surface area contributed by atoms with Crippen LogP contribution in [0.15, 0.2) is 132 Å². The molecule has 0 aromatic heterocycles. The molecule has 0 aliphatic heterocycles. The average Bonchev–Trinajstić information content (AvgIpc) is 3.60. The van der Waals surface area contributed by atoms with Crippen molar-refractivity contribution in [2.45, 2.75) is 34.2 Å². The Hall–Kier alpha value is -3.72. The molecular weight excluding hydrogens is 662 g/mol. The van der Waals surface area contributed by atoms with E-state index in [4.69, 9.17) is 0 Å². The van der Waals surface area contributed by atoms with Crippen LogP contribution < -0.4 is 0 Å². The van der Waals surface area contributed by atoms with E-state index in [1.807, 2.05) is 51.2 Å². The van der Waals surface area contributed by atoms with E-state index in [1.54, 1.807) is 0 Å². The SMILES string of the molecule is CC1=Cc2c(-c3cccc4ccccc34)cccc2[CH]1[Zr]([F])([F])([CH]1C(C)=Cc2c(-c3cccc4ccccc34)cccc21)[SiH](C)C. The third-order valence-electron chi connectivity index (χ3n) is 10.9. The van der Waals surface area contributed by atoms with Crippen LogP contribution >= 0.6 is 0 Å². The predicted molar refractivity (Wildman–Crippen MR) is 193 cm³/mol. The fourth-order valence-electron chi connectivity index (χ4n) is 8.79. The number of rotatable bonds is 5. The Morgan fingerprint density at radius 3 is 1.28 bits per heavy atom. The molecule has 0 saturated carbocycles. The van der Waals surface area contributed by atoms with Gasteiger partial charge in [-0.25, -0.2) is 0 Å². The van der Waals surface area contributed by atoms with Gasteiger partial charge in [0.2, 0.25) is 0 Å². The molecule has 0 nitrogen and oxygen atoms in total. The van der Waals surface area contributed by atoms with Gasteiger partial charge in [0.25, 0.3) is 0 Å². The van der Waals surface area contributed by atoms with Gasteiger partial charge in [0, 0.05) is 0 Å². The first-order valence-electron chi connectivity index (χ1n) is 16.3. The number of fused-ring (bicyclic) bond motifs is 4. The van der Waals surface area contributed by atoms with Gasteiger partial charge >= 0.3 is 275 Å². The molecule has 2 aliphatic rings. The van der Waals surface area contributed by atoms with E-state index in [2.05, 4.69) is 109 Å². The second kappa shape index (κ2) is 10.7. The molecule has 6 aromatic rings. The minimum absolute atomic E-state index is 0.793. The van der Waals surface area contributed by atoms with E-state index >= 15 is 5.25 Å². The van der Waals surface area contributed by atoms with E-state index in [9.17, 15) is 0 Å². The maximum atomic E-state index is 19.0. The molecule has 0 fully saturated rings. The van der Waals surface area contributed by atoms with E-state index in [-0.39, 0.29) is 0 Å². The van der Waals surface area contributed by atoms with Crippen LogP contribution in [0.5, 0.6) is 0 Å². The van der Waals surface area contributed by atoms with E-state index < -0.39 is 32.3 Å². The molecule has 0 saturated heterocycles. The summed E-state index contributed by atoms with van der Waals surface area (Å²) in [5.41, 5.74) is 9.64. The normalized spacial score (nSPS) is 18.3. The third kappa shape index (κ3) is 4.16. The third-order valence-corrected chi connectivity index (χ3v) is 42.5. The van der Waals surface area contributed by atoms with Gasteiger partial charge in [0.15, 0.2) is 0 Å². The van der Waals surface area contributed by atoms with Gasteiger partial charge in [0.05, 0.1) is 0 Å². The molecule has 6 aromatic carbocycles. The molecular formula is C42H37F2SiZr. The topological polar surface area (TPSA) is 0 Å². The zero-order valence-corrected chi connectivity index (χ0v) is 30.3. The Morgan fingerprint density at radius 1 is 0.478 bits per heavy atom. The summed E-state index contributed by atoms with van der Waals surface area (Å²) in [7, 11) is 0. The zero-order chi connectivity index (χ0) is 31.8. The first kappa shape index (κ1) is 29.7. The average molecular weight is 699 g/mol. The predicted octanol–water partition coefficient (Wildman–Crippen LogP) is 12.4. The molecule has 0 bridgehead atoms. The fourth-order valence-corrected chi connectivity index (χ4v) is 34.9. The van der Waals surface area contributed by atoms with Gasteiger partial charge in [0.1, 0.15) is 0 Å². The summed E-state index contributed by atoms with van der Waals surface area (Å²) in [6.07, 6.45) is 4.20. The molecule has 46 heavy (non-hydrogen) atoms. The number of allylic oxidation sites excluding steroid dienone is 2. The summed E-state index contributed by atoms with van der Waals surface area (Å²) in [6.45, 7) is 7.82. The fraction of sp³-hybridized carbons (Fsp3) is 0.143. The Bertz CT molecular complexity index is 2110. The second-order valence-corrected chi connectivity index (χ2v) is 39.9.